The largest absolute Gasteiger partial charge is 0.311 e. The molecule has 0 N–H and O–H groups in total. The third-order valence-corrected chi connectivity index (χ3v) is 12.3. The van der Waals surface area contributed by atoms with E-state index in [2.05, 4.69) is 193 Å². The topological polar surface area (TPSA) is 3.24 Å². The fourth-order valence-corrected chi connectivity index (χ4v) is 9.66. The molecule has 0 amide bonds. The van der Waals surface area contributed by atoms with E-state index in [-0.39, 0.29) is 0 Å². The van der Waals surface area contributed by atoms with E-state index in [1.807, 2.05) is 22.7 Å². The van der Waals surface area contributed by atoms with Gasteiger partial charge in [0.1, 0.15) is 0 Å². The van der Waals surface area contributed by atoms with Crippen molar-refractivity contribution in [2.24, 2.45) is 0 Å². The molecule has 8 aromatic carbocycles. The van der Waals surface area contributed by atoms with E-state index in [4.69, 9.17) is 0 Å². The van der Waals surface area contributed by atoms with Gasteiger partial charge in [-0.3, -0.25) is 0 Å². The molecular weight excluding hydrogens is 655 g/mol. The Hall–Kier alpha value is -6.00. The average molecular weight is 686 g/mol. The number of fused-ring (bicyclic) bond motifs is 6. The van der Waals surface area contributed by atoms with Crippen LogP contribution >= 0.6 is 22.7 Å². The zero-order valence-corrected chi connectivity index (χ0v) is 29.3. The van der Waals surface area contributed by atoms with Crippen LogP contribution in [0, 0.1) is 0 Å². The molecule has 3 heteroatoms. The van der Waals surface area contributed by atoms with E-state index in [0.29, 0.717) is 0 Å². The molecule has 0 saturated heterocycles. The van der Waals surface area contributed by atoms with Crippen molar-refractivity contribution >= 4 is 80.1 Å². The van der Waals surface area contributed by atoms with E-state index in [1.54, 1.807) is 0 Å². The quantitative estimate of drug-likeness (QED) is 0.168. The van der Waals surface area contributed by atoms with E-state index in [9.17, 15) is 0 Å². The molecule has 0 fully saturated rings. The minimum Gasteiger partial charge on any atom is -0.311 e. The Bertz CT molecular complexity index is 2790. The Balaban J connectivity index is 0.968. The van der Waals surface area contributed by atoms with Crippen LogP contribution < -0.4 is 4.90 Å². The van der Waals surface area contributed by atoms with E-state index < -0.39 is 0 Å². The summed E-state index contributed by atoms with van der Waals surface area (Å²) in [6, 6.07) is 68.4. The second-order valence-corrected chi connectivity index (χ2v) is 15.1. The number of benzene rings is 8. The van der Waals surface area contributed by atoms with Crippen molar-refractivity contribution < 1.29 is 0 Å². The van der Waals surface area contributed by atoms with Gasteiger partial charge in [-0.2, -0.15) is 0 Å². The second-order valence-electron chi connectivity index (χ2n) is 12.9. The molecule has 0 atom stereocenters. The molecule has 1 nitrogen and oxygen atoms in total. The molecular formula is C48H31NS2. The molecule has 10 rings (SSSR count). The fraction of sp³-hybridized carbons (Fsp3) is 0. The third-order valence-electron chi connectivity index (χ3n) is 9.89. The number of nitrogens with zero attached hydrogens (tertiary/aromatic N) is 1. The van der Waals surface area contributed by atoms with Crippen LogP contribution in [0.3, 0.4) is 0 Å². The standard InChI is InChI=1S/C48H31NS2/c1-3-10-37(11-4-1)49(38-12-5-2-6-13-38)39-26-22-33(23-27-39)32-18-20-34(21-19-32)35-24-28-46-43(30-35)44-31-36(25-29-47(44)50-46)40-15-9-16-42-41-14-7-8-17-45(41)51-48(40)42/h1-31H. The van der Waals surface area contributed by atoms with Crippen molar-refractivity contribution in [3.8, 4) is 33.4 Å². The summed E-state index contributed by atoms with van der Waals surface area (Å²) < 4.78 is 5.35. The Morgan fingerprint density at radius 3 is 1.43 bits per heavy atom. The predicted octanol–water partition coefficient (Wildman–Crippen LogP) is 14.9. The van der Waals surface area contributed by atoms with Crippen LogP contribution in [0.1, 0.15) is 0 Å². The van der Waals surface area contributed by atoms with Crippen LogP contribution in [0.25, 0.3) is 73.7 Å². The van der Waals surface area contributed by atoms with Crippen molar-refractivity contribution in [1.29, 1.82) is 0 Å². The number of hydrogen-bond donors (Lipinski definition) is 0. The first-order chi connectivity index (χ1) is 25.3. The maximum atomic E-state index is 2.40. The first-order valence-electron chi connectivity index (χ1n) is 17.2. The van der Waals surface area contributed by atoms with Gasteiger partial charge in [-0.05, 0) is 100 Å². The lowest BCUT2D eigenvalue weighted by Crippen LogP contribution is -2.09. The molecule has 2 heterocycles. The fourth-order valence-electron chi connectivity index (χ4n) is 7.36. The molecule has 0 saturated carbocycles. The van der Waals surface area contributed by atoms with E-state index in [1.165, 1.54) is 73.7 Å². The van der Waals surface area contributed by atoms with Gasteiger partial charge in [0.25, 0.3) is 0 Å². The number of para-hydroxylation sites is 2. The molecule has 0 spiro atoms. The lowest BCUT2D eigenvalue weighted by Gasteiger charge is -2.25. The van der Waals surface area contributed by atoms with Crippen LogP contribution in [0.4, 0.5) is 17.1 Å². The van der Waals surface area contributed by atoms with Crippen LogP contribution in [0.5, 0.6) is 0 Å². The van der Waals surface area contributed by atoms with Crippen molar-refractivity contribution in [2.75, 3.05) is 4.90 Å². The summed E-state index contributed by atoms with van der Waals surface area (Å²) in [4.78, 5) is 2.30. The molecule has 10 aromatic rings. The van der Waals surface area contributed by atoms with Crippen molar-refractivity contribution in [3.05, 3.63) is 188 Å². The highest BCUT2D eigenvalue weighted by Gasteiger charge is 2.14. The van der Waals surface area contributed by atoms with Crippen LogP contribution in [-0.2, 0) is 0 Å². The summed E-state index contributed by atoms with van der Waals surface area (Å²) in [7, 11) is 0. The third kappa shape index (κ3) is 5.30. The first-order valence-corrected chi connectivity index (χ1v) is 18.9. The zero-order valence-electron chi connectivity index (χ0n) is 27.7. The van der Waals surface area contributed by atoms with Crippen LogP contribution in [0.2, 0.25) is 0 Å². The van der Waals surface area contributed by atoms with Crippen LogP contribution in [-0.4, -0.2) is 0 Å². The molecule has 240 valence electrons. The average Bonchev–Trinajstić information content (AvgIpc) is 3.77. The second kappa shape index (κ2) is 12.4. The van der Waals surface area contributed by atoms with Gasteiger partial charge in [0, 0.05) is 57.4 Å². The minimum atomic E-state index is 1.13. The number of rotatable bonds is 6. The molecule has 0 aliphatic carbocycles. The van der Waals surface area contributed by atoms with Crippen molar-refractivity contribution in [3.63, 3.8) is 0 Å². The molecule has 0 bridgehead atoms. The summed E-state index contributed by atoms with van der Waals surface area (Å²) in [5.41, 5.74) is 10.9. The van der Waals surface area contributed by atoms with E-state index in [0.717, 1.165) is 17.1 Å². The van der Waals surface area contributed by atoms with Gasteiger partial charge in [0.05, 0.1) is 0 Å². The van der Waals surface area contributed by atoms with E-state index >= 15 is 0 Å². The summed E-state index contributed by atoms with van der Waals surface area (Å²) in [5.74, 6) is 0. The lowest BCUT2D eigenvalue weighted by molar-refractivity contribution is 1.28. The highest BCUT2D eigenvalue weighted by molar-refractivity contribution is 7.26. The molecule has 0 unspecified atom stereocenters. The molecule has 51 heavy (non-hydrogen) atoms. The number of thiophene rings is 2. The highest BCUT2D eigenvalue weighted by atomic mass is 32.1. The van der Waals surface area contributed by atoms with Gasteiger partial charge >= 0.3 is 0 Å². The predicted molar refractivity (Wildman–Crippen MR) is 223 cm³/mol. The Morgan fingerprint density at radius 1 is 0.294 bits per heavy atom. The Labute approximate surface area is 304 Å². The summed E-state index contributed by atoms with van der Waals surface area (Å²) in [6.45, 7) is 0. The lowest BCUT2D eigenvalue weighted by atomic mass is 9.98. The Kier molecular flexibility index (Phi) is 7.26. The van der Waals surface area contributed by atoms with Gasteiger partial charge in [-0.15, -0.1) is 22.7 Å². The minimum absolute atomic E-state index is 1.13. The normalized spacial score (nSPS) is 11.5. The highest BCUT2D eigenvalue weighted by Crippen LogP contribution is 2.43. The molecule has 2 aromatic heterocycles. The maximum Gasteiger partial charge on any atom is 0.0462 e. The first kappa shape index (κ1) is 29.9. The monoisotopic (exact) mass is 685 g/mol. The van der Waals surface area contributed by atoms with Gasteiger partial charge in [-0.1, -0.05) is 121 Å². The SMILES string of the molecule is c1ccc(N(c2ccccc2)c2ccc(-c3ccc(-c4ccc5sc6ccc(-c7cccc8c7sc7ccccc78)cc6c5c4)cc3)cc2)cc1. The van der Waals surface area contributed by atoms with Gasteiger partial charge in [-0.25, -0.2) is 0 Å². The summed E-state index contributed by atoms with van der Waals surface area (Å²) in [5, 5.41) is 5.32. The summed E-state index contributed by atoms with van der Waals surface area (Å²) in [6.07, 6.45) is 0. The van der Waals surface area contributed by atoms with Gasteiger partial charge < -0.3 is 4.90 Å². The van der Waals surface area contributed by atoms with Crippen LogP contribution in [0.15, 0.2) is 188 Å². The number of anilines is 3. The molecule has 0 aliphatic rings. The zero-order chi connectivity index (χ0) is 33.7. The number of hydrogen-bond acceptors (Lipinski definition) is 3. The smallest absolute Gasteiger partial charge is 0.0462 e. The van der Waals surface area contributed by atoms with Gasteiger partial charge in [0.15, 0.2) is 0 Å². The van der Waals surface area contributed by atoms with Gasteiger partial charge in [0.2, 0.25) is 0 Å². The van der Waals surface area contributed by atoms with Crippen molar-refractivity contribution in [1.82, 2.24) is 0 Å². The Morgan fingerprint density at radius 2 is 0.765 bits per heavy atom. The van der Waals surface area contributed by atoms with Crippen molar-refractivity contribution in [2.45, 2.75) is 0 Å². The maximum absolute atomic E-state index is 2.40. The molecule has 0 radical (unpaired) electrons. The molecule has 0 aliphatic heterocycles. The summed E-state index contributed by atoms with van der Waals surface area (Å²) >= 11 is 3.77.